The molecule has 0 saturated heterocycles. The lowest BCUT2D eigenvalue weighted by molar-refractivity contribution is -0.130. The van der Waals surface area contributed by atoms with Gasteiger partial charge in [-0.2, -0.15) is 0 Å². The summed E-state index contributed by atoms with van der Waals surface area (Å²) in [5.41, 5.74) is -0.0231. The minimum absolute atomic E-state index is 0.0231. The maximum absolute atomic E-state index is 10.2. The molecule has 1 rings (SSSR count). The highest BCUT2D eigenvalue weighted by atomic mass is 16.4. The molecule has 0 fully saturated rings. The summed E-state index contributed by atoms with van der Waals surface area (Å²) in [6.45, 7) is 3.05. The number of carboxylic acids is 1. The van der Waals surface area contributed by atoms with Gasteiger partial charge in [0.1, 0.15) is 5.76 Å². The molecule has 13 heavy (non-hydrogen) atoms. The highest BCUT2D eigenvalue weighted by Gasteiger charge is 2.08. The molecule has 0 aliphatic carbocycles. The molecule has 0 radical (unpaired) electrons. The van der Waals surface area contributed by atoms with Crippen LogP contribution in [0.1, 0.15) is 5.76 Å². The molecule has 70 valence electrons. The van der Waals surface area contributed by atoms with Gasteiger partial charge in [0.2, 0.25) is 0 Å². The van der Waals surface area contributed by atoms with Crippen molar-refractivity contribution < 1.29 is 24.2 Å². The van der Waals surface area contributed by atoms with Gasteiger partial charge in [0, 0.05) is 0 Å². The summed E-state index contributed by atoms with van der Waals surface area (Å²) in [5.74, 6) is -0.762. The van der Waals surface area contributed by atoms with Gasteiger partial charge in [-0.1, -0.05) is 6.58 Å². The molecule has 1 aromatic heterocycles. The highest BCUT2D eigenvalue weighted by Crippen LogP contribution is 2.11. The van der Waals surface area contributed by atoms with Crippen LogP contribution in [-0.2, 0) is 9.59 Å². The normalized spacial score (nSPS) is 8.00. The molecule has 0 amide bonds. The summed E-state index contributed by atoms with van der Waals surface area (Å²) in [6.07, 6.45) is 1.41. The number of carboxylic acid groups (broad SMARTS) is 2. The molecular formula is C8H8O5. The van der Waals surface area contributed by atoms with Crippen molar-refractivity contribution in [3.05, 3.63) is 30.7 Å². The van der Waals surface area contributed by atoms with E-state index in [0.29, 0.717) is 5.76 Å². The van der Waals surface area contributed by atoms with Crippen LogP contribution in [0.2, 0.25) is 0 Å². The molecular weight excluding hydrogens is 176 g/mol. The largest absolute Gasteiger partial charge is 0.483 e. The summed E-state index contributed by atoms with van der Waals surface area (Å²) in [4.78, 5) is 18.6. The predicted octanol–water partition coefficient (Wildman–Crippen LogP) is 1.08. The first-order valence-electron chi connectivity index (χ1n) is 3.17. The predicted molar refractivity (Wildman–Crippen MR) is 44.1 cm³/mol. The summed E-state index contributed by atoms with van der Waals surface area (Å²) in [6, 6.07) is 3.17. The number of carbonyl (C=O) groups is 2. The average molecular weight is 184 g/mol. The maximum Gasteiger partial charge on any atom is 0.338 e. The van der Waals surface area contributed by atoms with E-state index in [1.165, 1.54) is 6.26 Å². The Labute approximate surface area is 73.9 Å². The van der Waals surface area contributed by atoms with E-state index in [4.69, 9.17) is 19.4 Å². The van der Waals surface area contributed by atoms with E-state index in [1.54, 1.807) is 12.1 Å². The van der Waals surface area contributed by atoms with Crippen LogP contribution in [0.5, 0.6) is 0 Å². The van der Waals surface area contributed by atoms with Crippen LogP contribution in [-0.4, -0.2) is 22.7 Å². The lowest BCUT2D eigenvalue weighted by atomic mass is 10.2. The first-order valence-corrected chi connectivity index (χ1v) is 3.17. The SMILES string of the molecule is C=C(C(=O)O)c1ccco1.O=CO. The number of rotatable bonds is 2. The van der Waals surface area contributed by atoms with Crippen LogP contribution >= 0.6 is 0 Å². The van der Waals surface area contributed by atoms with Gasteiger partial charge in [-0.25, -0.2) is 4.79 Å². The summed E-state index contributed by atoms with van der Waals surface area (Å²) < 4.78 is 4.78. The van der Waals surface area contributed by atoms with E-state index < -0.39 is 5.97 Å². The lowest BCUT2D eigenvalue weighted by Gasteiger charge is -1.91. The maximum atomic E-state index is 10.2. The third-order valence-electron chi connectivity index (χ3n) is 1.08. The first kappa shape index (κ1) is 11.0. The third-order valence-corrected chi connectivity index (χ3v) is 1.08. The van der Waals surface area contributed by atoms with Gasteiger partial charge in [0.05, 0.1) is 11.8 Å². The first-order chi connectivity index (χ1) is 6.13. The van der Waals surface area contributed by atoms with Crippen molar-refractivity contribution in [3.63, 3.8) is 0 Å². The average Bonchev–Trinajstić information content (AvgIpc) is 2.56. The van der Waals surface area contributed by atoms with Crippen LogP contribution in [0.25, 0.3) is 5.57 Å². The quantitative estimate of drug-likeness (QED) is 0.530. The second-order valence-corrected chi connectivity index (χ2v) is 1.87. The molecule has 0 aliphatic heterocycles. The molecule has 0 aliphatic rings. The Kier molecular flexibility index (Phi) is 4.71. The Hall–Kier alpha value is -2.04. The fourth-order valence-electron chi connectivity index (χ4n) is 0.556. The lowest BCUT2D eigenvalue weighted by Crippen LogP contribution is -1.95. The third kappa shape index (κ3) is 3.76. The molecule has 1 heterocycles. The fourth-order valence-corrected chi connectivity index (χ4v) is 0.556. The fraction of sp³-hybridized carbons (Fsp3) is 0. The van der Waals surface area contributed by atoms with Gasteiger partial charge < -0.3 is 14.6 Å². The van der Waals surface area contributed by atoms with Crippen LogP contribution in [0.3, 0.4) is 0 Å². The van der Waals surface area contributed by atoms with Gasteiger partial charge in [-0.3, -0.25) is 4.79 Å². The van der Waals surface area contributed by atoms with Crippen molar-refractivity contribution in [2.45, 2.75) is 0 Å². The zero-order valence-corrected chi connectivity index (χ0v) is 6.64. The Morgan fingerprint density at radius 3 is 2.46 bits per heavy atom. The minimum Gasteiger partial charge on any atom is -0.483 e. The molecule has 0 atom stereocenters. The summed E-state index contributed by atoms with van der Waals surface area (Å²) >= 11 is 0. The zero-order chi connectivity index (χ0) is 10.3. The molecule has 0 unspecified atom stereocenters. The van der Waals surface area contributed by atoms with Gasteiger partial charge in [-0.05, 0) is 12.1 Å². The summed E-state index contributed by atoms with van der Waals surface area (Å²) in [7, 11) is 0. The number of hydrogen-bond acceptors (Lipinski definition) is 3. The second kappa shape index (κ2) is 5.59. The molecule has 0 bridgehead atoms. The zero-order valence-electron chi connectivity index (χ0n) is 6.64. The molecule has 0 saturated carbocycles. The molecule has 5 nitrogen and oxygen atoms in total. The second-order valence-electron chi connectivity index (χ2n) is 1.87. The van der Waals surface area contributed by atoms with E-state index in [1.807, 2.05) is 0 Å². The Bertz CT molecular complexity index is 285. The topological polar surface area (TPSA) is 87.7 Å². The van der Waals surface area contributed by atoms with Gasteiger partial charge in [0.15, 0.2) is 0 Å². The highest BCUT2D eigenvalue weighted by molar-refractivity contribution is 6.13. The van der Waals surface area contributed by atoms with E-state index in [0.717, 1.165) is 0 Å². The summed E-state index contributed by atoms with van der Waals surface area (Å²) in [5, 5.41) is 15.3. The molecule has 1 aromatic rings. The van der Waals surface area contributed by atoms with Crippen molar-refractivity contribution in [2.24, 2.45) is 0 Å². The molecule has 5 heteroatoms. The molecule has 0 spiro atoms. The van der Waals surface area contributed by atoms with Gasteiger partial charge in [0.25, 0.3) is 6.47 Å². The number of aliphatic carboxylic acids is 1. The van der Waals surface area contributed by atoms with E-state index in [2.05, 4.69) is 6.58 Å². The minimum atomic E-state index is -1.06. The van der Waals surface area contributed by atoms with E-state index in [-0.39, 0.29) is 12.0 Å². The Morgan fingerprint density at radius 1 is 1.62 bits per heavy atom. The van der Waals surface area contributed by atoms with Crippen molar-refractivity contribution in [3.8, 4) is 0 Å². The number of hydrogen-bond donors (Lipinski definition) is 2. The van der Waals surface area contributed by atoms with Crippen molar-refractivity contribution in [1.29, 1.82) is 0 Å². The van der Waals surface area contributed by atoms with Gasteiger partial charge in [-0.15, -0.1) is 0 Å². The monoisotopic (exact) mass is 184 g/mol. The van der Waals surface area contributed by atoms with Crippen LogP contribution in [0.4, 0.5) is 0 Å². The molecule has 0 aromatic carbocycles. The van der Waals surface area contributed by atoms with Crippen molar-refractivity contribution >= 4 is 18.0 Å². The van der Waals surface area contributed by atoms with E-state index in [9.17, 15) is 4.79 Å². The van der Waals surface area contributed by atoms with Crippen molar-refractivity contribution in [1.82, 2.24) is 0 Å². The van der Waals surface area contributed by atoms with Crippen LogP contribution < -0.4 is 0 Å². The van der Waals surface area contributed by atoms with Gasteiger partial charge >= 0.3 is 5.97 Å². The Morgan fingerprint density at radius 2 is 2.15 bits per heavy atom. The smallest absolute Gasteiger partial charge is 0.338 e. The standard InChI is InChI=1S/C7H6O3.CH2O2/c1-5(7(8)9)6-3-2-4-10-6;2-1-3/h2-4H,1H2,(H,8,9);1H,(H,2,3). The number of furan rings is 1. The Balaban J connectivity index is 0.000000424. The van der Waals surface area contributed by atoms with Crippen LogP contribution in [0, 0.1) is 0 Å². The van der Waals surface area contributed by atoms with Crippen molar-refractivity contribution in [2.75, 3.05) is 0 Å². The van der Waals surface area contributed by atoms with Crippen LogP contribution in [0.15, 0.2) is 29.4 Å². The molecule has 2 N–H and O–H groups in total. The van der Waals surface area contributed by atoms with E-state index >= 15 is 0 Å².